The van der Waals surface area contributed by atoms with Gasteiger partial charge in [-0.3, -0.25) is 4.98 Å². The van der Waals surface area contributed by atoms with E-state index >= 15 is 0 Å². The van der Waals surface area contributed by atoms with Crippen LogP contribution in [-0.2, 0) is 6.42 Å². The summed E-state index contributed by atoms with van der Waals surface area (Å²) < 4.78 is 6.36. The Balaban J connectivity index is 2.16. The molecule has 17 heavy (non-hydrogen) atoms. The van der Waals surface area contributed by atoms with Gasteiger partial charge in [0.05, 0.1) is 13.3 Å². The molecule has 2 N–H and O–H groups in total. The third-order valence-electron chi connectivity index (χ3n) is 2.48. The third kappa shape index (κ3) is 3.06. The molecule has 2 rings (SSSR count). The molecular weight excluding hydrogens is 300 g/mol. The van der Waals surface area contributed by atoms with Crippen LogP contribution in [-0.4, -0.2) is 12.1 Å². The maximum atomic E-state index is 6.20. The molecular formula is C12H13BrN2OS. The van der Waals surface area contributed by atoms with Crippen molar-refractivity contribution >= 4 is 27.3 Å². The van der Waals surface area contributed by atoms with Crippen molar-refractivity contribution in [3.8, 4) is 5.75 Å². The van der Waals surface area contributed by atoms with E-state index in [2.05, 4.69) is 32.4 Å². The van der Waals surface area contributed by atoms with Gasteiger partial charge in [0.25, 0.3) is 0 Å². The predicted molar refractivity (Wildman–Crippen MR) is 73.4 cm³/mol. The number of aromatic nitrogens is 1. The van der Waals surface area contributed by atoms with Crippen molar-refractivity contribution in [2.24, 2.45) is 5.73 Å². The number of hydrogen-bond acceptors (Lipinski definition) is 4. The highest BCUT2D eigenvalue weighted by atomic mass is 79.9. The quantitative estimate of drug-likeness (QED) is 0.943. The summed E-state index contributed by atoms with van der Waals surface area (Å²) in [7, 11) is 1.63. The lowest BCUT2D eigenvalue weighted by Crippen LogP contribution is -2.14. The van der Waals surface area contributed by atoms with Crippen molar-refractivity contribution < 1.29 is 4.74 Å². The van der Waals surface area contributed by atoms with E-state index in [-0.39, 0.29) is 6.04 Å². The first-order valence-corrected chi connectivity index (χ1v) is 6.84. The molecule has 2 aromatic rings. The topological polar surface area (TPSA) is 48.1 Å². The Kier molecular flexibility index (Phi) is 4.15. The fraction of sp³-hybridized carbons (Fsp3) is 0.250. The van der Waals surface area contributed by atoms with Crippen LogP contribution >= 0.6 is 27.3 Å². The van der Waals surface area contributed by atoms with Gasteiger partial charge in [-0.25, -0.2) is 0 Å². The van der Waals surface area contributed by atoms with E-state index in [1.807, 2.05) is 6.07 Å². The van der Waals surface area contributed by atoms with Crippen molar-refractivity contribution in [2.45, 2.75) is 12.5 Å². The lowest BCUT2D eigenvalue weighted by Gasteiger charge is -2.14. The molecule has 2 heterocycles. The normalized spacial score (nSPS) is 12.4. The number of nitrogens with zero attached hydrogens (tertiary/aromatic N) is 1. The van der Waals surface area contributed by atoms with Crippen LogP contribution in [0.2, 0.25) is 0 Å². The molecule has 3 nitrogen and oxygen atoms in total. The van der Waals surface area contributed by atoms with Crippen LogP contribution in [0.5, 0.6) is 5.75 Å². The number of ether oxygens (including phenoxy) is 1. The molecule has 1 unspecified atom stereocenters. The monoisotopic (exact) mass is 312 g/mol. The van der Waals surface area contributed by atoms with Gasteiger partial charge in [0, 0.05) is 39.0 Å². The maximum Gasteiger partial charge on any atom is 0.141 e. The lowest BCUT2D eigenvalue weighted by molar-refractivity contribution is 0.403. The molecule has 0 aliphatic rings. The molecule has 0 saturated carbocycles. The summed E-state index contributed by atoms with van der Waals surface area (Å²) >= 11 is 5.14. The second-order valence-corrected chi connectivity index (χ2v) is 5.57. The van der Waals surface area contributed by atoms with Crippen LogP contribution in [0.15, 0.2) is 34.4 Å². The maximum absolute atomic E-state index is 6.20. The Labute approximate surface area is 113 Å². The molecule has 0 fully saturated rings. The van der Waals surface area contributed by atoms with Gasteiger partial charge in [-0.1, -0.05) is 0 Å². The van der Waals surface area contributed by atoms with E-state index < -0.39 is 0 Å². The molecule has 0 spiro atoms. The zero-order valence-corrected chi connectivity index (χ0v) is 11.8. The summed E-state index contributed by atoms with van der Waals surface area (Å²) in [5.74, 6) is 0.746. The van der Waals surface area contributed by atoms with Crippen LogP contribution in [0.1, 0.15) is 16.5 Å². The Morgan fingerprint density at radius 2 is 2.41 bits per heavy atom. The Morgan fingerprint density at radius 3 is 3.06 bits per heavy atom. The number of methoxy groups -OCH3 is 1. The molecule has 0 radical (unpaired) electrons. The molecule has 2 aromatic heterocycles. The van der Waals surface area contributed by atoms with Crippen LogP contribution in [0.3, 0.4) is 0 Å². The number of hydrogen-bond donors (Lipinski definition) is 1. The summed E-state index contributed by atoms with van der Waals surface area (Å²) in [6.07, 6.45) is 4.23. The molecule has 1 atom stereocenters. The number of pyridine rings is 1. The van der Waals surface area contributed by atoms with Gasteiger partial charge in [-0.15, -0.1) is 11.3 Å². The summed E-state index contributed by atoms with van der Waals surface area (Å²) in [4.78, 5) is 5.28. The molecule has 0 aliphatic heterocycles. The van der Waals surface area contributed by atoms with E-state index in [1.54, 1.807) is 30.8 Å². The Hall–Kier alpha value is -0.910. The molecule has 0 aromatic carbocycles. The standard InChI is InChI=1S/C12H13BrN2OS/c1-16-12-6-15-3-2-10(12)11(14)5-9-4-8(13)7-17-9/h2-4,6-7,11H,5,14H2,1H3. The van der Waals surface area contributed by atoms with Crippen molar-refractivity contribution in [3.63, 3.8) is 0 Å². The highest BCUT2D eigenvalue weighted by Crippen LogP contribution is 2.28. The SMILES string of the molecule is COc1cnccc1C(N)Cc1cc(Br)cs1. The zero-order chi connectivity index (χ0) is 12.3. The summed E-state index contributed by atoms with van der Waals surface area (Å²) in [5.41, 5.74) is 7.19. The van der Waals surface area contributed by atoms with Gasteiger partial charge in [0.1, 0.15) is 5.75 Å². The van der Waals surface area contributed by atoms with Gasteiger partial charge in [-0.05, 0) is 28.1 Å². The fourth-order valence-corrected chi connectivity index (χ4v) is 3.17. The molecule has 0 amide bonds. The van der Waals surface area contributed by atoms with Crippen LogP contribution < -0.4 is 10.5 Å². The minimum absolute atomic E-state index is 0.0708. The molecule has 5 heteroatoms. The first-order valence-electron chi connectivity index (χ1n) is 5.17. The van der Waals surface area contributed by atoms with Crippen LogP contribution in [0, 0.1) is 0 Å². The van der Waals surface area contributed by atoms with Crippen molar-refractivity contribution in [1.29, 1.82) is 0 Å². The third-order valence-corrected chi connectivity index (χ3v) is 4.20. The van der Waals surface area contributed by atoms with Gasteiger partial charge in [-0.2, -0.15) is 0 Å². The molecule has 0 aliphatic carbocycles. The largest absolute Gasteiger partial charge is 0.495 e. The van der Waals surface area contributed by atoms with E-state index in [4.69, 9.17) is 10.5 Å². The summed E-state index contributed by atoms with van der Waals surface area (Å²) in [5, 5.41) is 2.06. The average molecular weight is 313 g/mol. The van der Waals surface area contributed by atoms with Crippen molar-refractivity contribution in [2.75, 3.05) is 7.11 Å². The highest BCUT2D eigenvalue weighted by molar-refractivity contribution is 9.10. The van der Waals surface area contributed by atoms with Crippen LogP contribution in [0.4, 0.5) is 0 Å². The van der Waals surface area contributed by atoms with E-state index in [1.165, 1.54) is 4.88 Å². The highest BCUT2D eigenvalue weighted by Gasteiger charge is 2.13. The number of rotatable bonds is 4. The first-order chi connectivity index (χ1) is 8.20. The van der Waals surface area contributed by atoms with Crippen molar-refractivity contribution in [1.82, 2.24) is 4.98 Å². The van der Waals surface area contributed by atoms with Gasteiger partial charge < -0.3 is 10.5 Å². The van der Waals surface area contributed by atoms with E-state index in [9.17, 15) is 0 Å². The minimum Gasteiger partial charge on any atom is -0.495 e. The molecule has 0 bridgehead atoms. The van der Waals surface area contributed by atoms with Crippen molar-refractivity contribution in [3.05, 3.63) is 44.8 Å². The number of halogens is 1. The smallest absolute Gasteiger partial charge is 0.141 e. The summed E-state index contributed by atoms with van der Waals surface area (Å²) in [6, 6.07) is 3.93. The summed E-state index contributed by atoms with van der Waals surface area (Å²) in [6.45, 7) is 0. The van der Waals surface area contributed by atoms with Crippen LogP contribution in [0.25, 0.3) is 0 Å². The number of thiophene rings is 1. The Bertz CT molecular complexity index is 501. The second-order valence-electron chi connectivity index (χ2n) is 3.66. The zero-order valence-electron chi connectivity index (χ0n) is 9.39. The van der Waals surface area contributed by atoms with Gasteiger partial charge >= 0.3 is 0 Å². The number of nitrogens with two attached hydrogens (primary N) is 1. The fourth-order valence-electron chi connectivity index (χ4n) is 1.66. The van der Waals surface area contributed by atoms with Gasteiger partial charge in [0.15, 0.2) is 0 Å². The first kappa shape index (κ1) is 12.5. The minimum atomic E-state index is -0.0708. The average Bonchev–Trinajstić information content (AvgIpc) is 2.74. The predicted octanol–water partition coefficient (Wildman–Crippen LogP) is 3.16. The van der Waals surface area contributed by atoms with E-state index in [0.717, 1.165) is 22.2 Å². The van der Waals surface area contributed by atoms with E-state index in [0.29, 0.717) is 0 Å². The second kappa shape index (κ2) is 5.62. The lowest BCUT2D eigenvalue weighted by atomic mass is 10.0. The molecule has 90 valence electrons. The van der Waals surface area contributed by atoms with Gasteiger partial charge in [0.2, 0.25) is 0 Å². The Morgan fingerprint density at radius 1 is 1.59 bits per heavy atom. The molecule has 0 saturated heterocycles.